The summed E-state index contributed by atoms with van der Waals surface area (Å²) in [6.07, 6.45) is 0.912. The summed E-state index contributed by atoms with van der Waals surface area (Å²) < 4.78 is 34.0. The van der Waals surface area contributed by atoms with Gasteiger partial charge in [-0.2, -0.15) is 0 Å². The molecule has 1 fully saturated rings. The molecule has 3 aromatic rings. The fourth-order valence-corrected chi connectivity index (χ4v) is 5.35. The van der Waals surface area contributed by atoms with Gasteiger partial charge in [-0.15, -0.1) is 0 Å². The van der Waals surface area contributed by atoms with E-state index in [0.29, 0.717) is 58.2 Å². The lowest BCUT2D eigenvalue weighted by atomic mass is 9.87. The fraction of sp³-hybridized carbons (Fsp3) is 0.429. The standard InChI is InChI=1S/C35H43NO9/c1-40-31-10-5-4-9-28(31)25-42-20-7-21-43-29-15-12-26(13-16-29)30-18-19-36(35(38)39)24-33(30)45-23-22-44-32-11-6-3-8-27(32)14-17-34(37)41-2/h3-6,8-13,15-16,30,33H,7,14,17-25H2,1-2H3,(H,38,39). The topological polar surface area (TPSA) is 113 Å². The first-order valence-corrected chi connectivity index (χ1v) is 15.3. The van der Waals surface area contributed by atoms with Crippen LogP contribution in [0.3, 0.4) is 0 Å². The second kappa shape index (κ2) is 17.9. The molecule has 10 nitrogen and oxygen atoms in total. The van der Waals surface area contributed by atoms with E-state index < -0.39 is 6.09 Å². The van der Waals surface area contributed by atoms with Crippen molar-refractivity contribution < 1.29 is 43.1 Å². The van der Waals surface area contributed by atoms with Gasteiger partial charge in [0.05, 0.1) is 53.3 Å². The average Bonchev–Trinajstić information content (AvgIpc) is 3.07. The SMILES string of the molecule is COC(=O)CCc1ccccc1OCCOC1CN(C(=O)O)CCC1c1ccc(OCCCOCc2ccccc2OC)cc1. The van der Waals surface area contributed by atoms with E-state index in [0.717, 1.165) is 34.6 Å². The molecule has 3 aromatic carbocycles. The number of nitrogens with zero attached hydrogens (tertiary/aromatic N) is 1. The highest BCUT2D eigenvalue weighted by Gasteiger charge is 2.33. The molecule has 0 spiro atoms. The Bertz CT molecular complexity index is 1350. The number of amides is 1. The highest BCUT2D eigenvalue weighted by molar-refractivity contribution is 5.69. The number of esters is 1. The molecule has 10 heteroatoms. The summed E-state index contributed by atoms with van der Waals surface area (Å²) in [4.78, 5) is 24.7. The van der Waals surface area contributed by atoms with Crippen LogP contribution < -0.4 is 14.2 Å². The van der Waals surface area contributed by atoms with Crippen molar-refractivity contribution in [2.75, 3.05) is 53.7 Å². The number of likely N-dealkylation sites (tertiary alicyclic amines) is 1. The molecule has 1 saturated heterocycles. The zero-order valence-electron chi connectivity index (χ0n) is 26.0. The van der Waals surface area contributed by atoms with Gasteiger partial charge in [0, 0.05) is 30.9 Å². The van der Waals surface area contributed by atoms with Crippen molar-refractivity contribution in [1.82, 2.24) is 4.90 Å². The molecule has 45 heavy (non-hydrogen) atoms. The van der Waals surface area contributed by atoms with E-state index >= 15 is 0 Å². The van der Waals surface area contributed by atoms with Crippen molar-refractivity contribution in [3.63, 3.8) is 0 Å². The quantitative estimate of drug-likeness (QED) is 0.149. The number of rotatable bonds is 17. The summed E-state index contributed by atoms with van der Waals surface area (Å²) >= 11 is 0. The van der Waals surface area contributed by atoms with Crippen molar-refractivity contribution in [3.8, 4) is 17.2 Å². The Morgan fingerprint density at radius 3 is 2.31 bits per heavy atom. The van der Waals surface area contributed by atoms with Crippen molar-refractivity contribution in [2.24, 2.45) is 0 Å². The fourth-order valence-electron chi connectivity index (χ4n) is 5.35. The maximum Gasteiger partial charge on any atom is 0.407 e. The zero-order valence-corrected chi connectivity index (χ0v) is 26.0. The summed E-state index contributed by atoms with van der Waals surface area (Å²) in [5.41, 5.74) is 3.00. The Labute approximate surface area is 264 Å². The lowest BCUT2D eigenvalue weighted by Crippen LogP contribution is -2.46. The Balaban J connectivity index is 1.24. The first-order valence-electron chi connectivity index (χ1n) is 15.3. The molecule has 1 amide bonds. The van der Waals surface area contributed by atoms with Gasteiger partial charge in [-0.3, -0.25) is 4.79 Å². The number of hydrogen-bond donors (Lipinski definition) is 1. The van der Waals surface area contributed by atoms with Gasteiger partial charge in [0.25, 0.3) is 0 Å². The van der Waals surface area contributed by atoms with E-state index in [1.165, 1.54) is 12.0 Å². The number of aryl methyl sites for hydroxylation is 1. The molecule has 1 aliphatic rings. The van der Waals surface area contributed by atoms with Crippen LogP contribution >= 0.6 is 0 Å². The number of carboxylic acid groups (broad SMARTS) is 1. The summed E-state index contributed by atoms with van der Waals surface area (Å²) in [7, 11) is 3.03. The minimum Gasteiger partial charge on any atom is -0.496 e. The number of carbonyl (C=O) groups excluding carboxylic acids is 1. The summed E-state index contributed by atoms with van der Waals surface area (Å²) in [5.74, 6) is 2.03. The van der Waals surface area contributed by atoms with Gasteiger partial charge < -0.3 is 38.4 Å². The molecule has 0 bridgehead atoms. The van der Waals surface area contributed by atoms with Crippen LogP contribution in [0.1, 0.15) is 41.9 Å². The molecule has 2 unspecified atom stereocenters. The second-order valence-corrected chi connectivity index (χ2v) is 10.7. The Morgan fingerprint density at radius 1 is 0.844 bits per heavy atom. The van der Waals surface area contributed by atoms with Crippen LogP contribution in [0.5, 0.6) is 17.2 Å². The lowest BCUT2D eigenvalue weighted by Gasteiger charge is -2.37. The van der Waals surface area contributed by atoms with E-state index in [2.05, 4.69) is 0 Å². The molecule has 1 heterocycles. The van der Waals surface area contributed by atoms with Crippen LogP contribution in [0.2, 0.25) is 0 Å². The minimum absolute atomic E-state index is 0.0328. The third-order valence-corrected chi connectivity index (χ3v) is 7.76. The van der Waals surface area contributed by atoms with Crippen LogP contribution in [-0.2, 0) is 32.0 Å². The van der Waals surface area contributed by atoms with Gasteiger partial charge in [0.2, 0.25) is 0 Å². The predicted molar refractivity (Wildman–Crippen MR) is 168 cm³/mol. The minimum atomic E-state index is -0.950. The van der Waals surface area contributed by atoms with Crippen LogP contribution in [0.25, 0.3) is 0 Å². The Morgan fingerprint density at radius 2 is 1.58 bits per heavy atom. The van der Waals surface area contributed by atoms with Crippen molar-refractivity contribution in [1.29, 1.82) is 0 Å². The van der Waals surface area contributed by atoms with E-state index in [1.807, 2.05) is 72.8 Å². The smallest absolute Gasteiger partial charge is 0.407 e. The lowest BCUT2D eigenvalue weighted by molar-refractivity contribution is -0.140. The largest absolute Gasteiger partial charge is 0.496 e. The van der Waals surface area contributed by atoms with E-state index in [-0.39, 0.29) is 31.0 Å². The normalized spacial score (nSPS) is 16.2. The number of carbonyl (C=O) groups is 2. The number of para-hydroxylation sites is 2. The van der Waals surface area contributed by atoms with Crippen molar-refractivity contribution in [3.05, 3.63) is 89.5 Å². The van der Waals surface area contributed by atoms with Gasteiger partial charge >= 0.3 is 12.1 Å². The van der Waals surface area contributed by atoms with E-state index in [4.69, 9.17) is 28.4 Å². The molecule has 242 valence electrons. The molecule has 1 N–H and O–H groups in total. The van der Waals surface area contributed by atoms with Crippen LogP contribution in [0.15, 0.2) is 72.8 Å². The molecular weight excluding hydrogens is 578 g/mol. The number of methoxy groups -OCH3 is 2. The van der Waals surface area contributed by atoms with Gasteiger partial charge in [0.15, 0.2) is 0 Å². The van der Waals surface area contributed by atoms with E-state index in [9.17, 15) is 14.7 Å². The zero-order chi connectivity index (χ0) is 31.9. The number of ether oxygens (including phenoxy) is 6. The Hall–Kier alpha value is -4.28. The second-order valence-electron chi connectivity index (χ2n) is 10.7. The van der Waals surface area contributed by atoms with E-state index in [1.54, 1.807) is 7.11 Å². The molecule has 2 atom stereocenters. The first kappa shape index (κ1) is 33.6. The van der Waals surface area contributed by atoms with Gasteiger partial charge in [-0.25, -0.2) is 4.79 Å². The summed E-state index contributed by atoms with van der Waals surface area (Å²) in [5, 5.41) is 9.61. The molecular formula is C35H43NO9. The molecule has 0 radical (unpaired) electrons. The molecule has 1 aliphatic heterocycles. The molecule has 0 saturated carbocycles. The summed E-state index contributed by atoms with van der Waals surface area (Å²) in [6, 6.07) is 23.3. The van der Waals surface area contributed by atoms with Crippen LogP contribution in [0.4, 0.5) is 4.79 Å². The van der Waals surface area contributed by atoms with Gasteiger partial charge in [0.1, 0.15) is 23.9 Å². The highest BCUT2D eigenvalue weighted by atomic mass is 16.5. The first-order chi connectivity index (χ1) is 22.0. The summed E-state index contributed by atoms with van der Waals surface area (Å²) in [6.45, 7) is 2.89. The number of benzene rings is 3. The predicted octanol–water partition coefficient (Wildman–Crippen LogP) is 5.72. The molecule has 0 aliphatic carbocycles. The van der Waals surface area contributed by atoms with Crippen LogP contribution in [0, 0.1) is 0 Å². The maximum absolute atomic E-state index is 11.7. The Kier molecular flexibility index (Phi) is 13.3. The highest BCUT2D eigenvalue weighted by Crippen LogP contribution is 2.32. The van der Waals surface area contributed by atoms with Crippen molar-refractivity contribution in [2.45, 2.75) is 44.3 Å². The molecule has 0 aromatic heterocycles. The van der Waals surface area contributed by atoms with Crippen LogP contribution in [-0.4, -0.2) is 81.9 Å². The number of piperidine rings is 1. The average molecular weight is 622 g/mol. The molecule has 4 rings (SSSR count). The monoisotopic (exact) mass is 621 g/mol. The third-order valence-electron chi connectivity index (χ3n) is 7.76. The van der Waals surface area contributed by atoms with Gasteiger partial charge in [-0.1, -0.05) is 48.5 Å². The van der Waals surface area contributed by atoms with Gasteiger partial charge in [-0.05, 0) is 48.2 Å². The third kappa shape index (κ3) is 10.4. The maximum atomic E-state index is 11.7. The van der Waals surface area contributed by atoms with Crippen molar-refractivity contribution >= 4 is 12.1 Å². The number of hydrogen-bond acceptors (Lipinski definition) is 8.